The van der Waals surface area contributed by atoms with Crippen molar-refractivity contribution in [1.82, 2.24) is 19.8 Å². The summed E-state index contributed by atoms with van der Waals surface area (Å²) in [4.78, 5) is 14.8. The Bertz CT molecular complexity index is 897. The highest BCUT2D eigenvalue weighted by Gasteiger charge is 2.30. The second kappa shape index (κ2) is 6.20. The molecule has 6 heteroatoms. The molecule has 3 heterocycles. The number of nitrogens with zero attached hydrogens (tertiary/aromatic N) is 4. The molecule has 0 unspecified atom stereocenters. The van der Waals surface area contributed by atoms with Gasteiger partial charge in [-0.3, -0.25) is 9.48 Å². The molecular formula is C19H20N4O2. The van der Waals surface area contributed by atoms with E-state index in [4.69, 9.17) is 4.52 Å². The molecule has 4 rings (SSSR count). The van der Waals surface area contributed by atoms with Gasteiger partial charge in [0.05, 0.1) is 12.7 Å². The van der Waals surface area contributed by atoms with Crippen molar-refractivity contribution in [3.63, 3.8) is 0 Å². The van der Waals surface area contributed by atoms with Crippen LogP contribution in [0.1, 0.15) is 29.9 Å². The summed E-state index contributed by atoms with van der Waals surface area (Å²) in [7, 11) is 0. The average Bonchev–Trinajstić information content (AvgIpc) is 3.27. The van der Waals surface area contributed by atoms with Crippen molar-refractivity contribution in [1.29, 1.82) is 0 Å². The fourth-order valence-corrected chi connectivity index (χ4v) is 3.24. The van der Waals surface area contributed by atoms with E-state index in [-0.39, 0.29) is 11.9 Å². The molecule has 1 atom stereocenters. The molecule has 25 heavy (non-hydrogen) atoms. The molecule has 1 aliphatic heterocycles. The molecule has 0 saturated carbocycles. The van der Waals surface area contributed by atoms with Gasteiger partial charge in [-0.25, -0.2) is 0 Å². The molecular weight excluding hydrogens is 316 g/mol. The third-order valence-electron chi connectivity index (χ3n) is 4.67. The van der Waals surface area contributed by atoms with Crippen LogP contribution in [0.3, 0.4) is 0 Å². The molecule has 2 aromatic heterocycles. The van der Waals surface area contributed by atoms with Crippen LogP contribution in [-0.2, 0) is 17.8 Å². The number of hydrogen-bond acceptors (Lipinski definition) is 4. The van der Waals surface area contributed by atoms with Gasteiger partial charge in [-0.15, -0.1) is 0 Å². The molecule has 0 bridgehead atoms. The van der Waals surface area contributed by atoms with Crippen molar-refractivity contribution in [3.05, 3.63) is 59.6 Å². The van der Waals surface area contributed by atoms with E-state index in [1.54, 1.807) is 10.9 Å². The number of fused-ring (bicyclic) bond motifs is 1. The molecule has 128 valence electrons. The summed E-state index contributed by atoms with van der Waals surface area (Å²) in [5.41, 5.74) is 3.90. The van der Waals surface area contributed by atoms with E-state index >= 15 is 0 Å². The first-order valence-corrected chi connectivity index (χ1v) is 8.46. The maximum absolute atomic E-state index is 12.9. The Morgan fingerprint density at radius 1 is 1.28 bits per heavy atom. The molecule has 0 radical (unpaired) electrons. The normalized spacial score (nSPS) is 15.0. The van der Waals surface area contributed by atoms with E-state index in [0.717, 1.165) is 28.1 Å². The summed E-state index contributed by atoms with van der Waals surface area (Å²) < 4.78 is 7.23. The third kappa shape index (κ3) is 2.84. The number of amides is 1. The standard InChI is InChI=1S/C19H20N4O2/c1-13-10-20-23(11-13)14(2)19(24)22-9-8-17-16(12-22)18(21-25-17)15-6-4-3-5-7-15/h3-7,10-11,14H,8-9,12H2,1-2H3/t14-/m0/s1. The zero-order chi connectivity index (χ0) is 17.4. The van der Waals surface area contributed by atoms with Gasteiger partial charge in [0.15, 0.2) is 0 Å². The zero-order valence-corrected chi connectivity index (χ0v) is 14.3. The van der Waals surface area contributed by atoms with Crippen LogP contribution < -0.4 is 0 Å². The molecule has 0 fully saturated rings. The summed E-state index contributed by atoms with van der Waals surface area (Å²) in [6, 6.07) is 9.62. The number of carbonyl (C=O) groups excluding carboxylic acids is 1. The lowest BCUT2D eigenvalue weighted by molar-refractivity contribution is -0.135. The summed E-state index contributed by atoms with van der Waals surface area (Å²) >= 11 is 0. The van der Waals surface area contributed by atoms with Crippen LogP contribution in [0.25, 0.3) is 11.3 Å². The van der Waals surface area contributed by atoms with Gasteiger partial charge >= 0.3 is 0 Å². The first-order chi connectivity index (χ1) is 12.1. The van der Waals surface area contributed by atoms with Crippen LogP contribution >= 0.6 is 0 Å². The molecule has 0 spiro atoms. The molecule has 0 N–H and O–H groups in total. The van der Waals surface area contributed by atoms with Crippen molar-refractivity contribution >= 4 is 5.91 Å². The van der Waals surface area contributed by atoms with Gasteiger partial charge in [-0.2, -0.15) is 5.10 Å². The first-order valence-electron chi connectivity index (χ1n) is 8.46. The average molecular weight is 336 g/mol. The number of aryl methyl sites for hydroxylation is 1. The van der Waals surface area contributed by atoms with Gasteiger partial charge < -0.3 is 9.42 Å². The van der Waals surface area contributed by atoms with Crippen LogP contribution in [0.2, 0.25) is 0 Å². The number of benzene rings is 1. The summed E-state index contributed by atoms with van der Waals surface area (Å²) in [5, 5.41) is 8.51. The van der Waals surface area contributed by atoms with E-state index in [9.17, 15) is 4.79 Å². The lowest BCUT2D eigenvalue weighted by Gasteiger charge is -2.28. The van der Waals surface area contributed by atoms with E-state index in [1.807, 2.05) is 55.3 Å². The van der Waals surface area contributed by atoms with Crippen molar-refractivity contribution in [2.45, 2.75) is 32.9 Å². The van der Waals surface area contributed by atoms with Gasteiger partial charge in [-0.05, 0) is 19.4 Å². The van der Waals surface area contributed by atoms with E-state index in [0.29, 0.717) is 19.5 Å². The maximum Gasteiger partial charge on any atom is 0.247 e. The van der Waals surface area contributed by atoms with E-state index < -0.39 is 0 Å². The summed E-state index contributed by atoms with van der Waals surface area (Å²) in [6.45, 7) is 5.01. The minimum atomic E-state index is -0.324. The molecule has 0 saturated heterocycles. The summed E-state index contributed by atoms with van der Waals surface area (Å²) in [5.74, 6) is 0.944. The van der Waals surface area contributed by atoms with Gasteiger partial charge in [-0.1, -0.05) is 35.5 Å². The highest BCUT2D eigenvalue weighted by Crippen LogP contribution is 2.30. The number of rotatable bonds is 3. The monoisotopic (exact) mass is 336 g/mol. The highest BCUT2D eigenvalue weighted by molar-refractivity contribution is 5.80. The Morgan fingerprint density at radius 3 is 2.80 bits per heavy atom. The van der Waals surface area contributed by atoms with Crippen molar-refractivity contribution < 1.29 is 9.32 Å². The second-order valence-electron chi connectivity index (χ2n) is 6.48. The van der Waals surface area contributed by atoms with Crippen molar-refractivity contribution in [2.75, 3.05) is 6.54 Å². The SMILES string of the molecule is Cc1cnn([C@@H](C)C(=O)N2CCc3onc(-c4ccccc4)c3C2)c1. The maximum atomic E-state index is 12.9. The van der Waals surface area contributed by atoms with Gasteiger partial charge in [0.25, 0.3) is 0 Å². The van der Waals surface area contributed by atoms with Crippen molar-refractivity contribution in [2.24, 2.45) is 0 Å². The lowest BCUT2D eigenvalue weighted by atomic mass is 10.0. The van der Waals surface area contributed by atoms with E-state index in [1.165, 1.54) is 0 Å². The van der Waals surface area contributed by atoms with Gasteiger partial charge in [0, 0.05) is 30.3 Å². The van der Waals surface area contributed by atoms with Crippen LogP contribution in [0.5, 0.6) is 0 Å². The Kier molecular flexibility index (Phi) is 3.87. The fraction of sp³-hybridized carbons (Fsp3) is 0.316. The predicted octanol–water partition coefficient (Wildman–Crippen LogP) is 2.99. The quantitative estimate of drug-likeness (QED) is 0.737. The smallest absolute Gasteiger partial charge is 0.247 e. The topological polar surface area (TPSA) is 64.2 Å². The Morgan fingerprint density at radius 2 is 2.08 bits per heavy atom. The van der Waals surface area contributed by atoms with Crippen molar-refractivity contribution in [3.8, 4) is 11.3 Å². The van der Waals surface area contributed by atoms with E-state index in [2.05, 4.69) is 10.3 Å². The molecule has 6 nitrogen and oxygen atoms in total. The molecule has 0 aliphatic carbocycles. The largest absolute Gasteiger partial charge is 0.360 e. The van der Waals surface area contributed by atoms with Gasteiger partial charge in [0.1, 0.15) is 17.5 Å². The molecule has 1 aromatic carbocycles. The Labute approximate surface area is 146 Å². The zero-order valence-electron chi connectivity index (χ0n) is 14.3. The van der Waals surface area contributed by atoms with Crippen LogP contribution in [0, 0.1) is 6.92 Å². The van der Waals surface area contributed by atoms with Gasteiger partial charge in [0.2, 0.25) is 5.91 Å². The first kappa shape index (κ1) is 15.6. The molecule has 3 aromatic rings. The number of aromatic nitrogens is 3. The Hall–Kier alpha value is -2.89. The van der Waals surface area contributed by atoms with Crippen LogP contribution in [0.4, 0.5) is 0 Å². The predicted molar refractivity (Wildman–Crippen MR) is 92.7 cm³/mol. The summed E-state index contributed by atoms with van der Waals surface area (Å²) in [6.07, 6.45) is 4.35. The number of hydrogen-bond donors (Lipinski definition) is 0. The Balaban J connectivity index is 1.58. The lowest BCUT2D eigenvalue weighted by Crippen LogP contribution is -2.39. The minimum Gasteiger partial charge on any atom is -0.360 e. The number of carbonyl (C=O) groups is 1. The van der Waals surface area contributed by atoms with Crippen LogP contribution in [0.15, 0.2) is 47.2 Å². The highest BCUT2D eigenvalue weighted by atomic mass is 16.5. The minimum absolute atomic E-state index is 0.0639. The molecule has 1 amide bonds. The third-order valence-corrected chi connectivity index (χ3v) is 4.67. The molecule has 1 aliphatic rings. The van der Waals surface area contributed by atoms with Crippen LogP contribution in [-0.4, -0.2) is 32.3 Å². The second-order valence-corrected chi connectivity index (χ2v) is 6.48. The fourth-order valence-electron chi connectivity index (χ4n) is 3.24.